The van der Waals surface area contributed by atoms with Crippen LogP contribution in [0.1, 0.15) is 15.9 Å². The number of nitrogens with zero attached hydrogens (tertiary/aromatic N) is 2. The minimum atomic E-state index is -1.78. The normalized spacial score (nSPS) is 13.3. The Hall–Kier alpha value is -2.42. The summed E-state index contributed by atoms with van der Waals surface area (Å²) in [6, 6.07) is 9.04. The molecule has 2 aromatic heterocycles. The van der Waals surface area contributed by atoms with Crippen molar-refractivity contribution < 1.29 is 19.8 Å². The molecule has 0 aliphatic carbocycles. The smallest absolute Gasteiger partial charge is 0.334 e. The third-order valence-electron chi connectivity index (χ3n) is 4.07. The Kier molecular flexibility index (Phi) is 5.79. The van der Waals surface area contributed by atoms with Crippen molar-refractivity contribution in [3.8, 4) is 0 Å². The molecule has 7 nitrogen and oxygen atoms in total. The number of aliphatic carboxylic acids is 1. The van der Waals surface area contributed by atoms with Crippen LogP contribution in [0.2, 0.25) is 5.02 Å². The number of rotatable bonds is 6. The Labute approximate surface area is 167 Å². The van der Waals surface area contributed by atoms with Gasteiger partial charge >= 0.3 is 5.97 Å². The van der Waals surface area contributed by atoms with E-state index in [1.165, 1.54) is 0 Å². The number of carbonyl (C=O) groups excluding carboxylic acids is 1. The molecule has 0 bridgehead atoms. The molecule has 0 aliphatic heterocycles. The van der Waals surface area contributed by atoms with Crippen LogP contribution in [-0.2, 0) is 11.2 Å². The molecule has 0 unspecified atom stereocenters. The number of amides is 1. The summed E-state index contributed by atoms with van der Waals surface area (Å²) in [6.45, 7) is 0. The van der Waals surface area contributed by atoms with Crippen molar-refractivity contribution in [3.05, 3.63) is 69.5 Å². The molecule has 0 radical (unpaired) electrons. The van der Waals surface area contributed by atoms with Crippen LogP contribution in [0.15, 0.2) is 53.4 Å². The van der Waals surface area contributed by atoms with Gasteiger partial charge in [0, 0.05) is 11.2 Å². The number of hydrogen-bond acceptors (Lipinski definition) is 4. The van der Waals surface area contributed by atoms with Crippen LogP contribution in [0.3, 0.4) is 0 Å². The van der Waals surface area contributed by atoms with E-state index >= 15 is 0 Å². The first kappa shape index (κ1) is 19.3. The van der Waals surface area contributed by atoms with Crippen molar-refractivity contribution in [2.75, 3.05) is 0 Å². The largest absolute Gasteiger partial charge is 0.479 e. The van der Waals surface area contributed by atoms with Crippen LogP contribution in [0.5, 0.6) is 0 Å². The summed E-state index contributed by atoms with van der Waals surface area (Å²) in [7, 11) is 0. The predicted octanol–water partition coefficient (Wildman–Crippen LogP) is 2.54. The van der Waals surface area contributed by atoms with Crippen LogP contribution in [-0.4, -0.2) is 43.6 Å². The molecule has 3 aromatic rings. The number of carboxylic acid groups (broad SMARTS) is 1. The van der Waals surface area contributed by atoms with Gasteiger partial charge in [-0.2, -0.15) is 0 Å². The van der Waals surface area contributed by atoms with E-state index in [-0.39, 0.29) is 6.42 Å². The molecule has 0 saturated carbocycles. The molecular formula is C18H15BrClN3O4. The fourth-order valence-corrected chi connectivity index (χ4v) is 3.25. The number of aromatic nitrogens is 2. The molecule has 0 saturated heterocycles. The maximum atomic E-state index is 12.6. The highest BCUT2D eigenvalue weighted by molar-refractivity contribution is 9.10. The molecule has 1 aromatic carbocycles. The second-order valence-corrected chi connectivity index (χ2v) is 7.11. The van der Waals surface area contributed by atoms with E-state index in [4.69, 9.17) is 11.6 Å². The maximum absolute atomic E-state index is 12.6. The molecule has 0 spiro atoms. The highest BCUT2D eigenvalue weighted by Crippen LogP contribution is 2.19. The van der Waals surface area contributed by atoms with Crippen LogP contribution >= 0.6 is 27.5 Å². The highest BCUT2D eigenvalue weighted by Gasteiger charge is 2.28. The van der Waals surface area contributed by atoms with Crippen LogP contribution in [0.4, 0.5) is 0 Å². The van der Waals surface area contributed by atoms with Gasteiger partial charge in [-0.05, 0) is 46.1 Å². The van der Waals surface area contributed by atoms with E-state index in [0.717, 1.165) is 0 Å². The SMILES string of the molecule is O=C(N[C@H](Cc1ccccc1Cl)[C@@H](O)C(=O)O)c1ccc2ncc(Br)n2c1. The van der Waals surface area contributed by atoms with Gasteiger partial charge in [0.2, 0.25) is 0 Å². The Morgan fingerprint density at radius 2 is 2.00 bits per heavy atom. The zero-order chi connectivity index (χ0) is 19.6. The van der Waals surface area contributed by atoms with Gasteiger partial charge in [-0.1, -0.05) is 29.8 Å². The predicted molar refractivity (Wildman–Crippen MR) is 103 cm³/mol. The third kappa shape index (κ3) is 4.29. The average molecular weight is 453 g/mol. The topological polar surface area (TPSA) is 104 Å². The van der Waals surface area contributed by atoms with E-state index < -0.39 is 24.0 Å². The summed E-state index contributed by atoms with van der Waals surface area (Å²) in [5.41, 5.74) is 1.57. The van der Waals surface area contributed by atoms with E-state index in [2.05, 4.69) is 26.2 Å². The van der Waals surface area contributed by atoms with Crippen molar-refractivity contribution >= 4 is 45.1 Å². The summed E-state index contributed by atoms with van der Waals surface area (Å²) >= 11 is 9.45. The first-order valence-electron chi connectivity index (χ1n) is 7.94. The number of benzene rings is 1. The van der Waals surface area contributed by atoms with Gasteiger partial charge in [0.15, 0.2) is 6.10 Å². The Bertz CT molecular complexity index is 1010. The summed E-state index contributed by atoms with van der Waals surface area (Å²) in [5.74, 6) is -1.95. The van der Waals surface area contributed by atoms with Gasteiger partial charge in [0.05, 0.1) is 17.8 Å². The highest BCUT2D eigenvalue weighted by atomic mass is 79.9. The van der Waals surface area contributed by atoms with Crippen molar-refractivity contribution in [2.24, 2.45) is 0 Å². The van der Waals surface area contributed by atoms with Crippen molar-refractivity contribution in [1.29, 1.82) is 0 Å². The zero-order valence-electron chi connectivity index (χ0n) is 13.8. The monoisotopic (exact) mass is 451 g/mol. The number of pyridine rings is 1. The number of halogens is 2. The number of aliphatic hydroxyl groups is 1. The van der Waals surface area contributed by atoms with Crippen LogP contribution in [0.25, 0.3) is 5.65 Å². The molecule has 1 amide bonds. The second-order valence-electron chi connectivity index (χ2n) is 5.89. The van der Waals surface area contributed by atoms with Gasteiger partial charge in [0.1, 0.15) is 10.3 Å². The van der Waals surface area contributed by atoms with Crippen LogP contribution in [0, 0.1) is 0 Å². The van der Waals surface area contributed by atoms with E-state index in [0.29, 0.717) is 26.4 Å². The van der Waals surface area contributed by atoms with Crippen molar-refractivity contribution in [3.63, 3.8) is 0 Å². The molecule has 140 valence electrons. The first-order chi connectivity index (χ1) is 12.9. The number of imidazole rings is 1. The number of aliphatic hydroxyl groups excluding tert-OH is 1. The van der Waals surface area contributed by atoms with E-state index in [9.17, 15) is 19.8 Å². The quantitative estimate of drug-likeness (QED) is 0.533. The summed E-state index contributed by atoms with van der Waals surface area (Å²) < 4.78 is 2.34. The minimum absolute atomic E-state index is 0.0654. The third-order valence-corrected chi connectivity index (χ3v) is 5.03. The van der Waals surface area contributed by atoms with Gasteiger partial charge < -0.3 is 15.5 Å². The molecule has 2 atom stereocenters. The van der Waals surface area contributed by atoms with E-state index in [1.54, 1.807) is 53.2 Å². The lowest BCUT2D eigenvalue weighted by molar-refractivity contribution is -0.148. The average Bonchev–Trinajstić information content (AvgIpc) is 3.02. The molecule has 9 heteroatoms. The Balaban J connectivity index is 1.85. The van der Waals surface area contributed by atoms with E-state index in [1.807, 2.05) is 0 Å². The Morgan fingerprint density at radius 1 is 1.26 bits per heavy atom. The number of hydrogen-bond donors (Lipinski definition) is 3. The minimum Gasteiger partial charge on any atom is -0.479 e. The number of fused-ring (bicyclic) bond motifs is 1. The lowest BCUT2D eigenvalue weighted by atomic mass is 10.0. The summed E-state index contributed by atoms with van der Waals surface area (Å²) in [5, 5.41) is 22.2. The molecule has 3 N–H and O–H groups in total. The summed E-state index contributed by atoms with van der Waals surface area (Å²) in [6.07, 6.45) is 1.46. The summed E-state index contributed by atoms with van der Waals surface area (Å²) in [4.78, 5) is 28.1. The van der Waals surface area contributed by atoms with Crippen molar-refractivity contribution in [1.82, 2.24) is 14.7 Å². The fraction of sp³-hybridized carbons (Fsp3) is 0.167. The van der Waals surface area contributed by atoms with Gasteiger partial charge in [-0.15, -0.1) is 0 Å². The first-order valence-corrected chi connectivity index (χ1v) is 9.11. The van der Waals surface area contributed by atoms with Gasteiger partial charge in [0.25, 0.3) is 5.91 Å². The standard InChI is InChI=1S/C18H15BrClN3O4/c19-14-8-21-15-6-5-11(9-23(14)15)17(25)22-13(16(24)18(26)27)7-10-3-1-2-4-12(10)20/h1-6,8-9,13,16,24H,7H2,(H,22,25)(H,26,27)/t13-,16-/m1/s1. The Morgan fingerprint density at radius 3 is 2.70 bits per heavy atom. The molecule has 2 heterocycles. The molecular weight excluding hydrogens is 438 g/mol. The molecule has 0 fully saturated rings. The lowest BCUT2D eigenvalue weighted by Crippen LogP contribution is -2.48. The van der Waals surface area contributed by atoms with Gasteiger partial charge in [-0.3, -0.25) is 9.20 Å². The molecule has 27 heavy (non-hydrogen) atoms. The van der Waals surface area contributed by atoms with Crippen LogP contribution < -0.4 is 5.32 Å². The van der Waals surface area contributed by atoms with Gasteiger partial charge in [-0.25, -0.2) is 9.78 Å². The number of carboxylic acids is 1. The molecule has 3 rings (SSSR count). The number of carbonyl (C=O) groups is 2. The number of nitrogens with one attached hydrogen (secondary N) is 1. The fourth-order valence-electron chi connectivity index (χ4n) is 2.65. The maximum Gasteiger partial charge on any atom is 0.334 e. The lowest BCUT2D eigenvalue weighted by Gasteiger charge is -2.22. The second kappa shape index (κ2) is 8.08. The molecule has 0 aliphatic rings. The zero-order valence-corrected chi connectivity index (χ0v) is 16.2. The van der Waals surface area contributed by atoms with Crippen molar-refractivity contribution in [2.45, 2.75) is 18.6 Å².